The Labute approximate surface area is 179 Å². The van der Waals surface area contributed by atoms with Crippen molar-refractivity contribution < 1.29 is 19.5 Å². The molecule has 0 saturated carbocycles. The quantitative estimate of drug-likeness (QED) is 0.486. The van der Waals surface area contributed by atoms with Crippen LogP contribution in [0.4, 0.5) is 11.4 Å². The van der Waals surface area contributed by atoms with Gasteiger partial charge in [-0.1, -0.05) is 18.2 Å². The van der Waals surface area contributed by atoms with Gasteiger partial charge in [0.2, 0.25) is 5.91 Å². The molecule has 0 aromatic heterocycles. The van der Waals surface area contributed by atoms with Crippen LogP contribution in [0, 0.1) is 6.92 Å². The first-order chi connectivity index (χ1) is 14.4. The number of carbonyl (C=O) groups is 3. The third-order valence-corrected chi connectivity index (χ3v) is 5.74. The molecule has 1 fully saturated rings. The Kier molecular flexibility index (Phi) is 7.12. The fraction of sp³-hybridized carbons (Fsp3) is 0.318. The Hall–Kier alpha value is -2.84. The summed E-state index contributed by atoms with van der Waals surface area (Å²) in [5, 5.41) is 15.2. The van der Waals surface area contributed by atoms with E-state index in [0.29, 0.717) is 24.2 Å². The van der Waals surface area contributed by atoms with Gasteiger partial charge < -0.3 is 20.6 Å². The van der Waals surface area contributed by atoms with E-state index in [2.05, 4.69) is 10.6 Å². The van der Waals surface area contributed by atoms with Gasteiger partial charge in [0.1, 0.15) is 0 Å². The lowest BCUT2D eigenvalue weighted by molar-refractivity contribution is -0.136. The van der Waals surface area contributed by atoms with Gasteiger partial charge in [0.05, 0.1) is 6.10 Å². The van der Waals surface area contributed by atoms with E-state index in [1.807, 2.05) is 25.3 Å². The molecule has 1 heterocycles. The van der Waals surface area contributed by atoms with Crippen LogP contribution in [-0.2, 0) is 14.4 Å². The summed E-state index contributed by atoms with van der Waals surface area (Å²) in [5.74, 6) is -1.62. The lowest BCUT2D eigenvalue weighted by atomic mass is 10.1. The summed E-state index contributed by atoms with van der Waals surface area (Å²) in [4.78, 5) is 39.2. The molecule has 158 valence electrons. The zero-order chi connectivity index (χ0) is 21.7. The van der Waals surface area contributed by atoms with E-state index in [-0.39, 0.29) is 12.5 Å². The maximum atomic E-state index is 12.2. The molecule has 1 aliphatic rings. The fourth-order valence-corrected chi connectivity index (χ4v) is 3.69. The van der Waals surface area contributed by atoms with Gasteiger partial charge in [-0.25, -0.2) is 0 Å². The second kappa shape index (κ2) is 9.77. The molecule has 0 bridgehead atoms. The van der Waals surface area contributed by atoms with Crippen molar-refractivity contribution in [3.63, 3.8) is 0 Å². The third-order valence-electron chi connectivity index (χ3n) is 4.99. The molecule has 1 atom stereocenters. The first kappa shape index (κ1) is 21.9. The van der Waals surface area contributed by atoms with E-state index in [9.17, 15) is 19.5 Å². The molecule has 0 radical (unpaired) electrons. The minimum Gasteiger partial charge on any atom is -0.387 e. The van der Waals surface area contributed by atoms with E-state index in [0.717, 1.165) is 22.6 Å². The summed E-state index contributed by atoms with van der Waals surface area (Å²) < 4.78 is 0. The highest BCUT2D eigenvalue weighted by molar-refractivity contribution is 7.98. The predicted molar refractivity (Wildman–Crippen MR) is 118 cm³/mol. The van der Waals surface area contributed by atoms with Gasteiger partial charge in [0.15, 0.2) is 0 Å². The van der Waals surface area contributed by atoms with Gasteiger partial charge >= 0.3 is 11.8 Å². The highest BCUT2D eigenvalue weighted by Gasteiger charge is 2.24. The number of aryl methyl sites for hydroxylation is 1. The van der Waals surface area contributed by atoms with Crippen LogP contribution in [0.15, 0.2) is 47.4 Å². The van der Waals surface area contributed by atoms with Crippen molar-refractivity contribution in [2.75, 3.05) is 29.6 Å². The highest BCUT2D eigenvalue weighted by atomic mass is 32.2. The molecular weight excluding hydrogens is 402 g/mol. The molecule has 1 saturated heterocycles. The summed E-state index contributed by atoms with van der Waals surface area (Å²) in [6, 6.07) is 12.5. The van der Waals surface area contributed by atoms with Crippen LogP contribution >= 0.6 is 11.8 Å². The Balaban J connectivity index is 1.57. The molecule has 7 nitrogen and oxygen atoms in total. The van der Waals surface area contributed by atoms with Gasteiger partial charge in [0.25, 0.3) is 0 Å². The average molecular weight is 428 g/mol. The molecule has 0 spiro atoms. The molecule has 0 aliphatic carbocycles. The SMILES string of the molecule is CSc1ccc(C(O)CNC(=O)C(=O)Nc2ccc(C)c(N3CCCC3=O)c2)cc1. The van der Waals surface area contributed by atoms with Crippen molar-refractivity contribution in [2.45, 2.75) is 30.8 Å². The zero-order valence-electron chi connectivity index (χ0n) is 17.0. The molecule has 3 rings (SSSR count). The van der Waals surface area contributed by atoms with Gasteiger partial charge in [-0.05, 0) is 55.0 Å². The number of thioether (sulfide) groups is 1. The molecular formula is C22H25N3O4S. The van der Waals surface area contributed by atoms with E-state index >= 15 is 0 Å². The fourth-order valence-electron chi connectivity index (χ4n) is 3.28. The number of aliphatic hydroxyl groups is 1. The Morgan fingerprint density at radius 1 is 1.17 bits per heavy atom. The molecule has 2 aromatic carbocycles. The van der Waals surface area contributed by atoms with Crippen LogP contribution < -0.4 is 15.5 Å². The van der Waals surface area contributed by atoms with Crippen LogP contribution in [0.3, 0.4) is 0 Å². The smallest absolute Gasteiger partial charge is 0.313 e. The number of hydrogen-bond acceptors (Lipinski definition) is 5. The standard InChI is InChI=1S/C22H25N3O4S/c1-14-5-8-16(12-18(14)25-11-3-4-20(25)27)24-22(29)21(28)23-13-19(26)15-6-9-17(30-2)10-7-15/h5-10,12,19,26H,3-4,11,13H2,1-2H3,(H,23,28)(H,24,29). The lowest BCUT2D eigenvalue weighted by Gasteiger charge is -2.19. The number of nitrogens with zero attached hydrogens (tertiary/aromatic N) is 1. The highest BCUT2D eigenvalue weighted by Crippen LogP contribution is 2.28. The molecule has 8 heteroatoms. The number of hydrogen-bond donors (Lipinski definition) is 3. The molecule has 3 amide bonds. The Bertz CT molecular complexity index is 946. The number of anilines is 2. The first-order valence-corrected chi connectivity index (χ1v) is 10.9. The summed E-state index contributed by atoms with van der Waals surface area (Å²) in [5.41, 5.74) is 2.75. The van der Waals surface area contributed by atoms with Gasteiger partial charge in [-0.2, -0.15) is 0 Å². The van der Waals surface area contributed by atoms with Crippen molar-refractivity contribution >= 4 is 40.9 Å². The maximum Gasteiger partial charge on any atom is 0.313 e. The number of rotatable bonds is 6. The minimum absolute atomic E-state index is 0.0545. The molecule has 1 unspecified atom stereocenters. The molecule has 1 aliphatic heterocycles. The largest absolute Gasteiger partial charge is 0.387 e. The van der Waals surface area contributed by atoms with Crippen LogP contribution in [0.1, 0.15) is 30.1 Å². The van der Waals surface area contributed by atoms with E-state index in [1.165, 1.54) is 0 Å². The number of nitrogens with one attached hydrogen (secondary N) is 2. The second-order valence-corrected chi connectivity index (χ2v) is 7.98. The third kappa shape index (κ3) is 5.20. The van der Waals surface area contributed by atoms with Crippen LogP contribution in [0.25, 0.3) is 0 Å². The summed E-state index contributed by atoms with van der Waals surface area (Å²) in [6.45, 7) is 2.46. The Morgan fingerprint density at radius 3 is 2.53 bits per heavy atom. The van der Waals surface area contributed by atoms with Crippen LogP contribution in [0.5, 0.6) is 0 Å². The molecule has 2 aromatic rings. The van der Waals surface area contributed by atoms with Crippen molar-refractivity contribution in [3.8, 4) is 0 Å². The summed E-state index contributed by atoms with van der Waals surface area (Å²) in [7, 11) is 0. The molecule has 30 heavy (non-hydrogen) atoms. The average Bonchev–Trinajstić information content (AvgIpc) is 3.18. The second-order valence-electron chi connectivity index (χ2n) is 7.10. The summed E-state index contributed by atoms with van der Waals surface area (Å²) in [6.07, 6.45) is 2.37. The van der Waals surface area contributed by atoms with Crippen LogP contribution in [-0.4, -0.2) is 42.2 Å². The van der Waals surface area contributed by atoms with Crippen LogP contribution in [0.2, 0.25) is 0 Å². The van der Waals surface area contributed by atoms with Crippen molar-refractivity contribution in [2.24, 2.45) is 0 Å². The van der Waals surface area contributed by atoms with Gasteiger partial charge in [0, 0.05) is 35.8 Å². The number of benzene rings is 2. The predicted octanol–water partition coefficient (Wildman–Crippen LogP) is 2.63. The first-order valence-electron chi connectivity index (χ1n) is 9.71. The van der Waals surface area contributed by atoms with E-state index < -0.39 is 17.9 Å². The van der Waals surface area contributed by atoms with E-state index in [1.54, 1.807) is 47.0 Å². The number of amides is 3. The van der Waals surface area contributed by atoms with Crippen molar-refractivity contribution in [3.05, 3.63) is 53.6 Å². The van der Waals surface area contributed by atoms with Crippen molar-refractivity contribution in [1.29, 1.82) is 0 Å². The monoisotopic (exact) mass is 427 g/mol. The van der Waals surface area contributed by atoms with E-state index in [4.69, 9.17) is 0 Å². The van der Waals surface area contributed by atoms with Crippen molar-refractivity contribution in [1.82, 2.24) is 5.32 Å². The minimum atomic E-state index is -0.912. The number of carbonyl (C=O) groups excluding carboxylic acids is 3. The zero-order valence-corrected chi connectivity index (χ0v) is 17.8. The molecule has 3 N–H and O–H groups in total. The summed E-state index contributed by atoms with van der Waals surface area (Å²) >= 11 is 1.60. The lowest BCUT2D eigenvalue weighted by Crippen LogP contribution is -2.37. The van der Waals surface area contributed by atoms with Gasteiger partial charge in [-0.3, -0.25) is 14.4 Å². The Morgan fingerprint density at radius 2 is 1.90 bits per heavy atom. The normalized spacial score (nSPS) is 14.5. The maximum absolute atomic E-state index is 12.2. The number of aliphatic hydroxyl groups excluding tert-OH is 1. The topological polar surface area (TPSA) is 98.7 Å². The van der Waals surface area contributed by atoms with Gasteiger partial charge in [-0.15, -0.1) is 11.8 Å².